The smallest absolute Gasteiger partial charge is 0.0897 e. The molecular formula is C16H26N4S. The quantitative estimate of drug-likeness (QED) is 0.813. The molecule has 0 saturated heterocycles. The van der Waals surface area contributed by atoms with Crippen LogP contribution in [0.4, 0.5) is 0 Å². The van der Waals surface area contributed by atoms with E-state index in [1.54, 1.807) is 11.3 Å². The maximum atomic E-state index is 4.71. The van der Waals surface area contributed by atoms with E-state index in [9.17, 15) is 0 Å². The highest BCUT2D eigenvalue weighted by Crippen LogP contribution is 2.14. The Labute approximate surface area is 131 Å². The molecule has 0 amide bonds. The number of hydrogen-bond donors (Lipinski definition) is 1. The minimum atomic E-state index is 0.400. The number of rotatable bonds is 8. The van der Waals surface area contributed by atoms with Crippen LogP contribution in [0, 0.1) is 6.92 Å². The summed E-state index contributed by atoms with van der Waals surface area (Å²) in [5, 5.41) is 11.6. The van der Waals surface area contributed by atoms with E-state index < -0.39 is 0 Å². The van der Waals surface area contributed by atoms with Crippen LogP contribution < -0.4 is 5.32 Å². The summed E-state index contributed by atoms with van der Waals surface area (Å²) < 4.78 is 2.07. The Morgan fingerprint density at radius 2 is 2.05 bits per heavy atom. The Bertz CT molecular complexity index is 546. The molecule has 2 rings (SSSR count). The standard InChI is InChI=1S/C16H26N4S/c1-5-12(3)20-8-7-14(19-20)9-15(17-6-2)10-16-11-21-13(4)18-16/h7-8,11-12,15,17H,5-6,9-10H2,1-4H3. The van der Waals surface area contributed by atoms with Crippen LogP contribution in [-0.4, -0.2) is 27.4 Å². The molecule has 4 nitrogen and oxygen atoms in total. The van der Waals surface area contributed by atoms with Gasteiger partial charge in [-0.05, 0) is 32.9 Å². The van der Waals surface area contributed by atoms with Crippen molar-refractivity contribution in [2.45, 2.75) is 59.0 Å². The zero-order chi connectivity index (χ0) is 15.2. The first kappa shape index (κ1) is 16.2. The molecule has 2 aromatic rings. The lowest BCUT2D eigenvalue weighted by Crippen LogP contribution is -2.33. The monoisotopic (exact) mass is 306 g/mol. The van der Waals surface area contributed by atoms with Crippen LogP contribution in [0.1, 0.15) is 49.6 Å². The van der Waals surface area contributed by atoms with Gasteiger partial charge in [0, 0.05) is 36.5 Å². The van der Waals surface area contributed by atoms with Gasteiger partial charge >= 0.3 is 0 Å². The molecule has 0 spiro atoms. The average molecular weight is 306 g/mol. The van der Waals surface area contributed by atoms with E-state index in [-0.39, 0.29) is 0 Å². The topological polar surface area (TPSA) is 42.7 Å². The Morgan fingerprint density at radius 1 is 1.29 bits per heavy atom. The van der Waals surface area contributed by atoms with Gasteiger partial charge in [0.15, 0.2) is 0 Å². The van der Waals surface area contributed by atoms with Crippen molar-refractivity contribution >= 4 is 11.3 Å². The van der Waals surface area contributed by atoms with Gasteiger partial charge in [0.1, 0.15) is 0 Å². The molecule has 5 heteroatoms. The lowest BCUT2D eigenvalue weighted by Gasteiger charge is -2.15. The van der Waals surface area contributed by atoms with Gasteiger partial charge in [-0.15, -0.1) is 11.3 Å². The van der Waals surface area contributed by atoms with Crippen molar-refractivity contribution in [1.82, 2.24) is 20.1 Å². The number of thiazole rings is 1. The van der Waals surface area contributed by atoms with Gasteiger partial charge in [0.25, 0.3) is 0 Å². The number of hydrogen-bond acceptors (Lipinski definition) is 4. The summed E-state index contributed by atoms with van der Waals surface area (Å²) in [5.41, 5.74) is 2.35. The van der Waals surface area contributed by atoms with E-state index in [1.807, 2.05) is 0 Å². The maximum absolute atomic E-state index is 4.71. The number of nitrogens with one attached hydrogen (secondary N) is 1. The van der Waals surface area contributed by atoms with Crippen LogP contribution in [0.5, 0.6) is 0 Å². The summed E-state index contributed by atoms with van der Waals surface area (Å²) in [6.45, 7) is 9.58. The molecule has 0 aliphatic carbocycles. The van der Waals surface area contributed by atoms with Gasteiger partial charge in [0.05, 0.1) is 16.4 Å². The van der Waals surface area contributed by atoms with Gasteiger partial charge in [-0.2, -0.15) is 5.10 Å². The van der Waals surface area contributed by atoms with Crippen molar-refractivity contribution in [2.24, 2.45) is 0 Å². The number of aryl methyl sites for hydroxylation is 1. The first-order valence-electron chi connectivity index (χ1n) is 7.80. The molecule has 0 aliphatic rings. The van der Waals surface area contributed by atoms with Crippen LogP contribution in [0.25, 0.3) is 0 Å². The van der Waals surface area contributed by atoms with Crippen molar-refractivity contribution in [2.75, 3.05) is 6.54 Å². The molecule has 0 radical (unpaired) electrons. The third-order valence-corrected chi connectivity index (χ3v) is 4.60. The third kappa shape index (κ3) is 4.64. The Kier molecular flexibility index (Phi) is 5.94. The van der Waals surface area contributed by atoms with Crippen LogP contribution in [0.2, 0.25) is 0 Å². The molecule has 1 N–H and O–H groups in total. The summed E-state index contributed by atoms with van der Waals surface area (Å²) in [6.07, 6.45) is 5.12. The fourth-order valence-corrected chi connectivity index (χ4v) is 3.06. The second-order valence-corrected chi connectivity index (χ2v) is 6.63. The van der Waals surface area contributed by atoms with E-state index >= 15 is 0 Å². The molecule has 0 saturated carbocycles. The highest BCUT2D eigenvalue weighted by Gasteiger charge is 2.14. The van der Waals surface area contributed by atoms with Crippen LogP contribution in [0.15, 0.2) is 17.6 Å². The zero-order valence-corrected chi connectivity index (χ0v) is 14.3. The van der Waals surface area contributed by atoms with Gasteiger partial charge < -0.3 is 5.32 Å². The van der Waals surface area contributed by atoms with Crippen LogP contribution in [0.3, 0.4) is 0 Å². The van der Waals surface area contributed by atoms with Crippen LogP contribution >= 0.6 is 11.3 Å². The third-order valence-electron chi connectivity index (χ3n) is 3.78. The molecule has 2 heterocycles. The van der Waals surface area contributed by atoms with Gasteiger partial charge in [-0.25, -0.2) is 4.98 Å². The second-order valence-electron chi connectivity index (χ2n) is 5.57. The molecular weight excluding hydrogens is 280 g/mol. The minimum Gasteiger partial charge on any atom is -0.313 e. The molecule has 0 fully saturated rings. The van der Waals surface area contributed by atoms with Crippen molar-refractivity contribution in [3.05, 3.63) is 34.0 Å². The van der Waals surface area contributed by atoms with E-state index in [2.05, 4.69) is 60.3 Å². The fraction of sp³-hybridized carbons (Fsp3) is 0.625. The Hall–Kier alpha value is -1.20. The molecule has 0 bridgehead atoms. The van der Waals surface area contributed by atoms with Crippen molar-refractivity contribution in [3.8, 4) is 0 Å². The van der Waals surface area contributed by atoms with Gasteiger partial charge in [0.2, 0.25) is 0 Å². The van der Waals surface area contributed by atoms with Crippen LogP contribution in [-0.2, 0) is 12.8 Å². The molecule has 2 atom stereocenters. The SMILES string of the molecule is CCNC(Cc1csc(C)n1)Cc1ccn(C(C)CC)n1. The summed E-state index contributed by atoms with van der Waals surface area (Å²) in [7, 11) is 0. The van der Waals surface area contributed by atoms with E-state index in [0.717, 1.165) is 36.5 Å². The number of aromatic nitrogens is 3. The second kappa shape index (κ2) is 7.71. The van der Waals surface area contributed by atoms with Crippen molar-refractivity contribution in [1.29, 1.82) is 0 Å². The predicted molar refractivity (Wildman–Crippen MR) is 89.0 cm³/mol. The number of nitrogens with zero attached hydrogens (tertiary/aromatic N) is 3. The van der Waals surface area contributed by atoms with E-state index in [4.69, 9.17) is 5.10 Å². The summed E-state index contributed by atoms with van der Waals surface area (Å²) in [6, 6.07) is 3.01. The highest BCUT2D eigenvalue weighted by molar-refractivity contribution is 7.09. The van der Waals surface area contributed by atoms with Gasteiger partial charge in [-0.1, -0.05) is 13.8 Å². The summed E-state index contributed by atoms with van der Waals surface area (Å²) in [4.78, 5) is 4.57. The average Bonchev–Trinajstić information content (AvgIpc) is 3.08. The summed E-state index contributed by atoms with van der Waals surface area (Å²) in [5.74, 6) is 0. The zero-order valence-electron chi connectivity index (χ0n) is 13.5. The highest BCUT2D eigenvalue weighted by atomic mass is 32.1. The Morgan fingerprint density at radius 3 is 2.67 bits per heavy atom. The van der Waals surface area contributed by atoms with Crippen molar-refractivity contribution in [3.63, 3.8) is 0 Å². The molecule has 0 aliphatic heterocycles. The lowest BCUT2D eigenvalue weighted by molar-refractivity contribution is 0.463. The normalized spacial score (nSPS) is 14.3. The maximum Gasteiger partial charge on any atom is 0.0897 e. The van der Waals surface area contributed by atoms with Crippen molar-refractivity contribution < 1.29 is 0 Å². The predicted octanol–water partition coefficient (Wildman–Crippen LogP) is 3.38. The fourth-order valence-electron chi connectivity index (χ4n) is 2.43. The molecule has 2 unspecified atom stereocenters. The Balaban J connectivity index is 2.00. The molecule has 0 aromatic carbocycles. The van der Waals surface area contributed by atoms with E-state index in [1.165, 1.54) is 5.69 Å². The number of likely N-dealkylation sites (N-methyl/N-ethyl adjacent to an activating group) is 1. The molecule has 2 aromatic heterocycles. The lowest BCUT2D eigenvalue weighted by atomic mass is 10.1. The minimum absolute atomic E-state index is 0.400. The molecule has 21 heavy (non-hydrogen) atoms. The molecule has 116 valence electrons. The first-order valence-corrected chi connectivity index (χ1v) is 8.68. The summed E-state index contributed by atoms with van der Waals surface area (Å²) >= 11 is 1.72. The largest absolute Gasteiger partial charge is 0.313 e. The van der Waals surface area contributed by atoms with E-state index in [0.29, 0.717) is 12.1 Å². The first-order chi connectivity index (χ1) is 10.1. The van der Waals surface area contributed by atoms with Gasteiger partial charge in [-0.3, -0.25) is 4.68 Å².